The predicted molar refractivity (Wildman–Crippen MR) is 74.9 cm³/mol. The first-order valence-corrected chi connectivity index (χ1v) is 6.94. The fourth-order valence-corrected chi connectivity index (χ4v) is 2.32. The van der Waals surface area contributed by atoms with Gasteiger partial charge in [-0.3, -0.25) is 4.79 Å². The number of aryl methyl sites for hydroxylation is 1. The Balaban J connectivity index is 1.79. The van der Waals surface area contributed by atoms with E-state index in [0.717, 1.165) is 19.6 Å². The molecule has 1 aromatic carbocycles. The van der Waals surface area contributed by atoms with E-state index in [4.69, 9.17) is 4.74 Å². The number of nitrogens with one attached hydrogen (secondary N) is 2. The number of benzene rings is 1. The van der Waals surface area contributed by atoms with Gasteiger partial charge in [-0.05, 0) is 17.5 Å². The Bertz CT molecular complexity index is 414. The molecule has 4 heteroatoms. The molecule has 1 amide bonds. The molecule has 0 aliphatic carbocycles. The molecule has 1 unspecified atom stereocenters. The van der Waals surface area contributed by atoms with Crippen molar-refractivity contribution in [2.45, 2.75) is 32.4 Å². The van der Waals surface area contributed by atoms with Crippen LogP contribution in [0.25, 0.3) is 0 Å². The van der Waals surface area contributed by atoms with Gasteiger partial charge in [-0.25, -0.2) is 0 Å². The van der Waals surface area contributed by atoms with Crippen LogP contribution in [0, 0.1) is 0 Å². The lowest BCUT2D eigenvalue weighted by Crippen LogP contribution is -2.44. The number of hydrogen-bond acceptors (Lipinski definition) is 3. The fourth-order valence-electron chi connectivity index (χ4n) is 2.32. The first kappa shape index (κ1) is 14.0. The molecule has 104 valence electrons. The van der Waals surface area contributed by atoms with Gasteiger partial charge in [0.2, 0.25) is 5.91 Å². The molecule has 2 N–H and O–H groups in total. The standard InChI is InChI=1S/C15H22N2O2/c1-2-12-5-3-4-6-13(12)10-17-15(18)9-14-11-19-8-7-16-14/h3-6,14,16H,2,7-11H2,1H3,(H,17,18). The molecule has 1 heterocycles. The van der Waals surface area contributed by atoms with Crippen molar-refractivity contribution >= 4 is 5.91 Å². The third kappa shape index (κ3) is 4.33. The summed E-state index contributed by atoms with van der Waals surface area (Å²) in [6, 6.07) is 8.37. The molecular weight excluding hydrogens is 240 g/mol. The van der Waals surface area contributed by atoms with Gasteiger partial charge in [0.25, 0.3) is 0 Å². The van der Waals surface area contributed by atoms with Crippen LogP contribution in [0.1, 0.15) is 24.5 Å². The van der Waals surface area contributed by atoms with Crippen molar-refractivity contribution in [3.63, 3.8) is 0 Å². The second-order valence-electron chi connectivity index (χ2n) is 4.83. The molecule has 1 aromatic rings. The number of carbonyl (C=O) groups excluding carboxylic acids is 1. The maximum atomic E-state index is 11.9. The molecule has 1 fully saturated rings. The summed E-state index contributed by atoms with van der Waals surface area (Å²) >= 11 is 0. The van der Waals surface area contributed by atoms with Crippen molar-refractivity contribution in [2.75, 3.05) is 19.8 Å². The Morgan fingerprint density at radius 3 is 2.89 bits per heavy atom. The zero-order chi connectivity index (χ0) is 13.5. The van der Waals surface area contributed by atoms with E-state index in [-0.39, 0.29) is 11.9 Å². The highest BCUT2D eigenvalue weighted by molar-refractivity contribution is 5.76. The maximum Gasteiger partial charge on any atom is 0.221 e. The number of rotatable bonds is 5. The Hall–Kier alpha value is -1.39. The topological polar surface area (TPSA) is 50.4 Å². The lowest BCUT2D eigenvalue weighted by molar-refractivity contribution is -0.122. The van der Waals surface area contributed by atoms with Crippen molar-refractivity contribution in [3.8, 4) is 0 Å². The normalized spacial score (nSPS) is 19.1. The van der Waals surface area contributed by atoms with Gasteiger partial charge < -0.3 is 15.4 Å². The average molecular weight is 262 g/mol. The molecule has 1 saturated heterocycles. The van der Waals surface area contributed by atoms with Crippen molar-refractivity contribution < 1.29 is 9.53 Å². The number of amides is 1. The van der Waals surface area contributed by atoms with Crippen LogP contribution in [0.15, 0.2) is 24.3 Å². The van der Waals surface area contributed by atoms with Gasteiger partial charge in [0.15, 0.2) is 0 Å². The number of morpholine rings is 1. The van der Waals surface area contributed by atoms with Crippen LogP contribution in [0.2, 0.25) is 0 Å². The maximum absolute atomic E-state index is 11.9. The van der Waals surface area contributed by atoms with E-state index >= 15 is 0 Å². The molecular formula is C15H22N2O2. The van der Waals surface area contributed by atoms with Crippen LogP contribution < -0.4 is 10.6 Å². The minimum Gasteiger partial charge on any atom is -0.378 e. The Labute approximate surface area is 114 Å². The minimum absolute atomic E-state index is 0.0777. The largest absolute Gasteiger partial charge is 0.378 e. The number of carbonyl (C=O) groups is 1. The third-order valence-electron chi connectivity index (χ3n) is 3.41. The molecule has 2 rings (SSSR count). The van der Waals surface area contributed by atoms with Crippen molar-refractivity contribution in [1.82, 2.24) is 10.6 Å². The second-order valence-corrected chi connectivity index (χ2v) is 4.83. The molecule has 1 atom stereocenters. The van der Waals surface area contributed by atoms with Crippen LogP contribution in [-0.2, 0) is 22.5 Å². The van der Waals surface area contributed by atoms with Crippen LogP contribution in [0.3, 0.4) is 0 Å². The second kappa shape index (κ2) is 7.26. The average Bonchev–Trinajstić information content (AvgIpc) is 2.46. The van der Waals surface area contributed by atoms with E-state index in [1.165, 1.54) is 11.1 Å². The highest BCUT2D eigenvalue weighted by Gasteiger charge is 2.16. The molecule has 1 aliphatic heterocycles. The quantitative estimate of drug-likeness (QED) is 0.839. The van der Waals surface area contributed by atoms with Gasteiger partial charge in [0, 0.05) is 25.6 Å². The molecule has 0 aromatic heterocycles. The molecule has 4 nitrogen and oxygen atoms in total. The fraction of sp³-hybridized carbons (Fsp3) is 0.533. The van der Waals surface area contributed by atoms with Gasteiger partial charge in [-0.1, -0.05) is 31.2 Å². The molecule has 0 spiro atoms. The molecule has 0 bridgehead atoms. The first-order valence-electron chi connectivity index (χ1n) is 6.94. The summed E-state index contributed by atoms with van der Waals surface area (Å²) in [5.74, 6) is 0.0777. The zero-order valence-electron chi connectivity index (χ0n) is 11.4. The van der Waals surface area contributed by atoms with Gasteiger partial charge in [-0.2, -0.15) is 0 Å². The summed E-state index contributed by atoms with van der Waals surface area (Å²) in [7, 11) is 0. The lowest BCUT2D eigenvalue weighted by atomic mass is 10.1. The van der Waals surface area contributed by atoms with E-state index in [2.05, 4.69) is 29.7 Å². The van der Waals surface area contributed by atoms with Gasteiger partial charge in [-0.15, -0.1) is 0 Å². The van der Waals surface area contributed by atoms with Crippen molar-refractivity contribution in [2.24, 2.45) is 0 Å². The van der Waals surface area contributed by atoms with E-state index in [0.29, 0.717) is 19.6 Å². The summed E-state index contributed by atoms with van der Waals surface area (Å²) in [5.41, 5.74) is 2.49. The summed E-state index contributed by atoms with van der Waals surface area (Å²) in [5, 5.41) is 6.27. The van der Waals surface area contributed by atoms with E-state index in [1.54, 1.807) is 0 Å². The Morgan fingerprint density at radius 2 is 2.21 bits per heavy atom. The predicted octanol–water partition coefficient (Wildman–Crippen LogP) is 1.24. The monoisotopic (exact) mass is 262 g/mol. The van der Waals surface area contributed by atoms with Crippen molar-refractivity contribution in [1.29, 1.82) is 0 Å². The van der Waals surface area contributed by atoms with Gasteiger partial charge >= 0.3 is 0 Å². The molecule has 0 saturated carbocycles. The highest BCUT2D eigenvalue weighted by atomic mass is 16.5. The number of ether oxygens (including phenoxy) is 1. The molecule has 1 aliphatic rings. The highest BCUT2D eigenvalue weighted by Crippen LogP contribution is 2.09. The van der Waals surface area contributed by atoms with Crippen molar-refractivity contribution in [3.05, 3.63) is 35.4 Å². The van der Waals surface area contributed by atoms with E-state index < -0.39 is 0 Å². The van der Waals surface area contributed by atoms with Crippen LogP contribution in [0.4, 0.5) is 0 Å². The van der Waals surface area contributed by atoms with E-state index in [9.17, 15) is 4.79 Å². The summed E-state index contributed by atoms with van der Waals surface area (Å²) in [6.45, 7) is 4.93. The van der Waals surface area contributed by atoms with Gasteiger partial charge in [0.05, 0.1) is 13.2 Å². The van der Waals surface area contributed by atoms with E-state index in [1.807, 2.05) is 12.1 Å². The third-order valence-corrected chi connectivity index (χ3v) is 3.41. The smallest absolute Gasteiger partial charge is 0.221 e. The Morgan fingerprint density at radius 1 is 1.42 bits per heavy atom. The molecule has 19 heavy (non-hydrogen) atoms. The number of hydrogen-bond donors (Lipinski definition) is 2. The Kier molecular flexibility index (Phi) is 5.36. The summed E-state index contributed by atoms with van der Waals surface area (Å²) in [6.07, 6.45) is 1.47. The SMILES string of the molecule is CCc1ccccc1CNC(=O)CC1COCCN1. The van der Waals surface area contributed by atoms with Crippen LogP contribution in [0.5, 0.6) is 0 Å². The lowest BCUT2D eigenvalue weighted by Gasteiger charge is -2.23. The summed E-state index contributed by atoms with van der Waals surface area (Å²) < 4.78 is 5.34. The zero-order valence-corrected chi connectivity index (χ0v) is 11.4. The minimum atomic E-state index is 0.0777. The van der Waals surface area contributed by atoms with Gasteiger partial charge in [0.1, 0.15) is 0 Å². The molecule has 0 radical (unpaired) electrons. The van der Waals surface area contributed by atoms with Crippen LogP contribution >= 0.6 is 0 Å². The first-order chi connectivity index (χ1) is 9.29. The van der Waals surface area contributed by atoms with Crippen LogP contribution in [-0.4, -0.2) is 31.7 Å². The summed E-state index contributed by atoms with van der Waals surface area (Å²) in [4.78, 5) is 11.9.